The number of nitrogens with zero attached hydrogens (tertiary/aromatic N) is 2. The van der Waals surface area contributed by atoms with Crippen LogP contribution in [-0.4, -0.2) is 66.9 Å². The zero-order valence-corrected chi connectivity index (χ0v) is 20.8. The third-order valence-electron chi connectivity index (χ3n) is 6.57. The summed E-state index contributed by atoms with van der Waals surface area (Å²) in [6.07, 6.45) is -1.06. The van der Waals surface area contributed by atoms with Gasteiger partial charge in [-0.25, -0.2) is 9.59 Å². The number of nitrogens with one attached hydrogen (secondary N) is 2. The van der Waals surface area contributed by atoms with Gasteiger partial charge in [-0.15, -0.1) is 0 Å². The number of amides is 4. The van der Waals surface area contributed by atoms with E-state index in [9.17, 15) is 23.6 Å². The maximum atomic E-state index is 13.5. The van der Waals surface area contributed by atoms with E-state index in [0.717, 1.165) is 4.90 Å². The maximum Gasteiger partial charge on any atom is 0.412 e. The molecule has 3 N–H and O–H groups in total. The van der Waals surface area contributed by atoms with E-state index in [1.165, 1.54) is 36.2 Å². The standard InChI is InChI=1S/C25H26ClFN4O6/c1-30(24(35)36)17-6-3-15(4-7-17)21(32)28-20(9-11-27)22(33)31-12-2-10-25(14-31)18-13-16(26)5-8-19(18)29-23(34)37-25/h3-8,13,20H,2,9-12,14H2,1H3,(H,28,32)(H,29,34)(H,35,36)/t20-,25-/m0/s1. The quantitative estimate of drug-likeness (QED) is 0.516. The second-order valence-electron chi connectivity index (χ2n) is 8.95. The molecule has 2 atom stereocenters. The minimum atomic E-state index is -1.16. The lowest BCUT2D eigenvalue weighted by molar-refractivity contribution is -0.141. The van der Waals surface area contributed by atoms with Gasteiger partial charge in [-0.3, -0.25) is 24.2 Å². The molecule has 2 aromatic carbocycles. The van der Waals surface area contributed by atoms with Crippen LogP contribution in [0.3, 0.4) is 0 Å². The lowest BCUT2D eigenvalue weighted by Crippen LogP contribution is -2.57. The minimum Gasteiger partial charge on any atom is -0.465 e. The number of alkyl halides is 1. The molecule has 196 valence electrons. The molecule has 2 heterocycles. The largest absolute Gasteiger partial charge is 0.465 e. The van der Waals surface area contributed by atoms with Crippen molar-refractivity contribution in [1.82, 2.24) is 10.2 Å². The fourth-order valence-electron chi connectivity index (χ4n) is 4.66. The highest BCUT2D eigenvalue weighted by atomic mass is 35.5. The van der Waals surface area contributed by atoms with Crippen molar-refractivity contribution in [2.75, 3.05) is 37.0 Å². The number of likely N-dealkylation sites (tertiary alicyclic amines) is 1. The first-order valence-corrected chi connectivity index (χ1v) is 12.0. The highest BCUT2D eigenvalue weighted by Crippen LogP contribution is 2.43. The third-order valence-corrected chi connectivity index (χ3v) is 6.80. The Hall–Kier alpha value is -3.86. The van der Waals surface area contributed by atoms with Crippen LogP contribution in [0.4, 0.5) is 25.4 Å². The number of rotatable bonds is 6. The number of carbonyl (C=O) groups excluding carboxylic acids is 3. The molecule has 37 heavy (non-hydrogen) atoms. The molecule has 0 aromatic heterocycles. The highest BCUT2D eigenvalue weighted by Gasteiger charge is 2.47. The van der Waals surface area contributed by atoms with Gasteiger partial charge in [-0.1, -0.05) is 11.6 Å². The lowest BCUT2D eigenvalue weighted by Gasteiger charge is -2.45. The Kier molecular flexibility index (Phi) is 7.53. The Morgan fingerprint density at radius 1 is 1.27 bits per heavy atom. The topological polar surface area (TPSA) is 128 Å². The average Bonchev–Trinajstić information content (AvgIpc) is 2.88. The second kappa shape index (κ2) is 10.6. The molecule has 2 aliphatic rings. The first kappa shape index (κ1) is 26.2. The van der Waals surface area contributed by atoms with Gasteiger partial charge < -0.3 is 20.1 Å². The fourth-order valence-corrected chi connectivity index (χ4v) is 4.83. The van der Waals surface area contributed by atoms with Crippen molar-refractivity contribution in [2.45, 2.75) is 30.9 Å². The van der Waals surface area contributed by atoms with E-state index in [1.807, 2.05) is 0 Å². The summed E-state index contributed by atoms with van der Waals surface area (Å²) in [7, 11) is 1.37. The second-order valence-corrected chi connectivity index (χ2v) is 9.39. The number of fused-ring (bicyclic) bond motifs is 2. The van der Waals surface area contributed by atoms with Crippen LogP contribution in [0.1, 0.15) is 35.2 Å². The van der Waals surface area contributed by atoms with Gasteiger partial charge in [-0.2, -0.15) is 0 Å². The van der Waals surface area contributed by atoms with Crippen molar-refractivity contribution < 1.29 is 33.4 Å². The van der Waals surface area contributed by atoms with Crippen molar-refractivity contribution in [2.24, 2.45) is 0 Å². The molecule has 2 aliphatic heterocycles. The number of carboxylic acid groups (broad SMARTS) is 1. The van der Waals surface area contributed by atoms with Crippen LogP contribution in [0, 0.1) is 0 Å². The monoisotopic (exact) mass is 532 g/mol. The Bertz CT molecular complexity index is 1230. The molecule has 0 bridgehead atoms. The predicted molar refractivity (Wildman–Crippen MR) is 134 cm³/mol. The van der Waals surface area contributed by atoms with E-state index in [-0.39, 0.29) is 18.5 Å². The van der Waals surface area contributed by atoms with Gasteiger partial charge in [0.2, 0.25) is 5.91 Å². The number of anilines is 2. The van der Waals surface area contributed by atoms with E-state index in [2.05, 4.69) is 10.6 Å². The molecule has 2 aromatic rings. The smallest absolute Gasteiger partial charge is 0.412 e. The summed E-state index contributed by atoms with van der Waals surface area (Å²) >= 11 is 6.19. The van der Waals surface area contributed by atoms with Crippen LogP contribution in [0.15, 0.2) is 42.5 Å². The summed E-state index contributed by atoms with van der Waals surface area (Å²) < 4.78 is 19.1. The van der Waals surface area contributed by atoms with Crippen molar-refractivity contribution >= 4 is 47.0 Å². The Morgan fingerprint density at radius 3 is 2.68 bits per heavy atom. The number of ether oxygens (including phenoxy) is 1. The van der Waals surface area contributed by atoms with Crippen molar-refractivity contribution in [3.05, 3.63) is 58.6 Å². The fraction of sp³-hybridized carbons (Fsp3) is 0.360. The minimum absolute atomic E-state index is 0.0292. The zero-order valence-electron chi connectivity index (χ0n) is 20.0. The number of benzene rings is 2. The Labute approximate surface area is 217 Å². The molecular formula is C25H26ClFN4O6. The van der Waals surface area contributed by atoms with E-state index >= 15 is 0 Å². The van der Waals surface area contributed by atoms with Crippen molar-refractivity contribution in [3.63, 3.8) is 0 Å². The van der Waals surface area contributed by atoms with Crippen LogP contribution in [0.25, 0.3) is 0 Å². The van der Waals surface area contributed by atoms with E-state index < -0.39 is 42.3 Å². The van der Waals surface area contributed by atoms with Gasteiger partial charge in [0.25, 0.3) is 5.91 Å². The molecule has 0 aliphatic carbocycles. The normalized spacial score (nSPS) is 19.3. The van der Waals surface area contributed by atoms with Gasteiger partial charge in [0.15, 0.2) is 5.60 Å². The summed E-state index contributed by atoms with van der Waals surface area (Å²) in [6.45, 7) is -0.465. The van der Waals surface area contributed by atoms with Gasteiger partial charge in [-0.05, 0) is 55.3 Å². The van der Waals surface area contributed by atoms with E-state index in [0.29, 0.717) is 41.3 Å². The maximum absolute atomic E-state index is 13.5. The van der Waals surface area contributed by atoms with Crippen molar-refractivity contribution in [1.29, 1.82) is 0 Å². The number of halogens is 2. The molecule has 0 saturated carbocycles. The molecule has 1 spiro atoms. The number of piperidine rings is 1. The summed E-state index contributed by atoms with van der Waals surface area (Å²) in [5.41, 5.74) is 0.614. The summed E-state index contributed by atoms with van der Waals surface area (Å²) in [4.78, 5) is 52.2. The molecule has 4 rings (SSSR count). The Morgan fingerprint density at radius 2 is 2.00 bits per heavy atom. The third kappa shape index (κ3) is 5.46. The van der Waals surface area contributed by atoms with Gasteiger partial charge in [0.05, 0.1) is 18.9 Å². The molecule has 0 unspecified atom stereocenters. The van der Waals surface area contributed by atoms with E-state index in [4.69, 9.17) is 21.4 Å². The molecule has 1 saturated heterocycles. The van der Waals surface area contributed by atoms with Gasteiger partial charge in [0.1, 0.15) is 6.04 Å². The molecule has 10 nitrogen and oxygen atoms in total. The van der Waals surface area contributed by atoms with Crippen LogP contribution in [0.5, 0.6) is 0 Å². The first-order chi connectivity index (χ1) is 17.6. The average molecular weight is 533 g/mol. The summed E-state index contributed by atoms with van der Waals surface area (Å²) in [5.74, 6) is -1.10. The van der Waals surface area contributed by atoms with Crippen molar-refractivity contribution in [3.8, 4) is 0 Å². The summed E-state index contributed by atoms with van der Waals surface area (Å²) in [6, 6.07) is 9.62. The van der Waals surface area contributed by atoms with Crippen LogP contribution in [-0.2, 0) is 15.1 Å². The van der Waals surface area contributed by atoms with Crippen LogP contribution >= 0.6 is 11.6 Å². The summed E-state index contributed by atoms with van der Waals surface area (Å²) in [5, 5.41) is 14.8. The molecule has 1 fully saturated rings. The predicted octanol–water partition coefficient (Wildman–Crippen LogP) is 3.99. The SMILES string of the molecule is CN(C(=O)O)c1ccc(C(=O)N[C@@H](CCF)C(=O)N2CCC[C@@]3(C2)OC(=O)Nc2ccc(Cl)cc23)cc1. The number of hydrogen-bond donors (Lipinski definition) is 3. The number of hydrogen-bond acceptors (Lipinski definition) is 5. The highest BCUT2D eigenvalue weighted by molar-refractivity contribution is 6.30. The van der Waals surface area contributed by atoms with E-state index in [1.54, 1.807) is 18.2 Å². The number of carbonyl (C=O) groups is 4. The molecule has 4 amide bonds. The first-order valence-electron chi connectivity index (χ1n) is 11.7. The molecular weight excluding hydrogens is 507 g/mol. The van der Waals surface area contributed by atoms with Gasteiger partial charge in [0, 0.05) is 41.9 Å². The van der Waals surface area contributed by atoms with Gasteiger partial charge >= 0.3 is 12.2 Å². The zero-order chi connectivity index (χ0) is 26.7. The lowest BCUT2D eigenvalue weighted by atomic mass is 9.83. The van der Waals surface area contributed by atoms with Crippen LogP contribution in [0.2, 0.25) is 5.02 Å². The van der Waals surface area contributed by atoms with Crippen LogP contribution < -0.4 is 15.5 Å². The molecule has 12 heteroatoms. The Balaban J connectivity index is 1.52. The molecule has 0 radical (unpaired) electrons.